The Morgan fingerprint density at radius 3 is 2.52 bits per heavy atom. The van der Waals surface area contributed by atoms with E-state index in [9.17, 15) is 31.2 Å². The van der Waals surface area contributed by atoms with Crippen molar-refractivity contribution in [2.24, 2.45) is 0 Å². The van der Waals surface area contributed by atoms with Crippen LogP contribution in [0.25, 0.3) is 0 Å². The molecule has 0 fully saturated rings. The maximum atomic E-state index is 12.3. The van der Waals surface area contributed by atoms with Gasteiger partial charge in [0.05, 0.1) is 6.54 Å². The van der Waals surface area contributed by atoms with Crippen LogP contribution in [0, 0.1) is 0 Å². The Kier molecular flexibility index (Phi) is 4.24. The molecule has 23 heavy (non-hydrogen) atoms. The summed E-state index contributed by atoms with van der Waals surface area (Å²) in [4.78, 5) is 27.6. The van der Waals surface area contributed by atoms with Crippen molar-refractivity contribution < 1.29 is 40.2 Å². The van der Waals surface area contributed by atoms with E-state index in [0.29, 0.717) is 0 Å². The number of fused-ring (bicyclic) bond motifs is 1. The van der Waals surface area contributed by atoms with Gasteiger partial charge < -0.3 is 9.02 Å². The summed E-state index contributed by atoms with van der Waals surface area (Å²) in [6.07, 6.45) is 0.150. The lowest BCUT2D eigenvalue weighted by Crippen LogP contribution is -2.38. The highest BCUT2D eigenvalue weighted by Gasteiger charge is 2.48. The van der Waals surface area contributed by atoms with Gasteiger partial charge in [-0.15, -0.1) is 0 Å². The lowest BCUT2D eigenvalue weighted by Gasteiger charge is -2.26. The summed E-state index contributed by atoms with van der Waals surface area (Å²) in [6, 6.07) is 3.05. The number of hydrogen-bond acceptors (Lipinski definition) is 6. The molecule has 0 aliphatic carbocycles. The number of carbonyl (C=O) groups is 2. The van der Waals surface area contributed by atoms with Crippen molar-refractivity contribution in [3.05, 3.63) is 29.3 Å². The van der Waals surface area contributed by atoms with Crippen LogP contribution < -0.4 is 4.18 Å². The fourth-order valence-corrected chi connectivity index (χ4v) is 2.36. The molecule has 2 rings (SSSR count). The Morgan fingerprint density at radius 1 is 1.30 bits per heavy atom. The van der Waals surface area contributed by atoms with Crippen LogP contribution in [0.5, 0.6) is 5.75 Å². The van der Waals surface area contributed by atoms with Crippen LogP contribution in [-0.4, -0.2) is 37.4 Å². The number of hydroxylamine groups is 2. The molecule has 0 atom stereocenters. The van der Waals surface area contributed by atoms with Gasteiger partial charge in [0.2, 0.25) is 0 Å². The van der Waals surface area contributed by atoms with Crippen molar-refractivity contribution >= 4 is 22.0 Å². The van der Waals surface area contributed by atoms with Gasteiger partial charge in [-0.2, -0.15) is 26.7 Å². The normalized spacial score (nSPS) is 15.1. The molecule has 0 N–H and O–H groups in total. The zero-order chi connectivity index (χ0) is 17.4. The molecular weight excluding hydrogens is 343 g/mol. The fourth-order valence-electron chi connectivity index (χ4n) is 1.91. The molecule has 126 valence electrons. The molecule has 0 unspecified atom stereocenters. The first kappa shape index (κ1) is 17.1. The van der Waals surface area contributed by atoms with Gasteiger partial charge in [0.25, 0.3) is 5.91 Å². The molecule has 0 spiro atoms. The number of carbonyl (C=O) groups excluding carboxylic acids is 2. The van der Waals surface area contributed by atoms with Crippen molar-refractivity contribution in [2.45, 2.75) is 18.9 Å². The lowest BCUT2D eigenvalue weighted by molar-refractivity contribution is -0.175. The summed E-state index contributed by atoms with van der Waals surface area (Å²) >= 11 is 0. The standard InChI is InChI=1S/C12H10F3NO6S/c1-7(17)21-16-5-4-8-6-9(2-3-10(8)11(16)18)22-23(19,20)12(13,14)15/h2-3,6H,4-5H2,1H3. The molecular formula is C12H10F3NO6S. The van der Waals surface area contributed by atoms with Gasteiger partial charge in [-0.05, 0) is 30.2 Å². The molecule has 1 amide bonds. The third-order valence-corrected chi connectivity index (χ3v) is 3.82. The van der Waals surface area contributed by atoms with Crippen LogP contribution in [0.2, 0.25) is 0 Å². The van der Waals surface area contributed by atoms with E-state index in [1.54, 1.807) is 0 Å². The maximum Gasteiger partial charge on any atom is 0.534 e. The topological polar surface area (TPSA) is 90.0 Å². The molecule has 1 heterocycles. The number of halogens is 3. The summed E-state index contributed by atoms with van der Waals surface area (Å²) in [5.74, 6) is -1.92. The van der Waals surface area contributed by atoms with Gasteiger partial charge in [0, 0.05) is 12.5 Å². The maximum absolute atomic E-state index is 12.3. The summed E-state index contributed by atoms with van der Waals surface area (Å²) in [5.41, 5.74) is -5.19. The predicted octanol–water partition coefficient (Wildman–Crippen LogP) is 1.39. The van der Waals surface area contributed by atoms with Gasteiger partial charge in [0.15, 0.2) is 0 Å². The molecule has 11 heteroatoms. The quantitative estimate of drug-likeness (QED) is 0.603. The largest absolute Gasteiger partial charge is 0.534 e. The van der Waals surface area contributed by atoms with E-state index in [1.807, 2.05) is 0 Å². The van der Waals surface area contributed by atoms with Crippen LogP contribution in [0.4, 0.5) is 13.2 Å². The fraction of sp³-hybridized carbons (Fsp3) is 0.333. The van der Waals surface area contributed by atoms with Gasteiger partial charge >= 0.3 is 21.6 Å². The summed E-state index contributed by atoms with van der Waals surface area (Å²) < 4.78 is 62.7. The molecule has 0 aromatic heterocycles. The highest BCUT2D eigenvalue weighted by molar-refractivity contribution is 7.88. The molecule has 0 saturated heterocycles. The van der Waals surface area contributed by atoms with Crippen molar-refractivity contribution in [3.63, 3.8) is 0 Å². The minimum absolute atomic E-state index is 0.0130. The van der Waals surface area contributed by atoms with Crippen molar-refractivity contribution in [1.29, 1.82) is 0 Å². The zero-order valence-electron chi connectivity index (χ0n) is 11.6. The first-order valence-corrected chi connectivity index (χ1v) is 7.56. The first-order valence-electron chi connectivity index (χ1n) is 6.15. The molecule has 0 bridgehead atoms. The number of rotatable bonds is 3. The van der Waals surface area contributed by atoms with Gasteiger partial charge in [-0.25, -0.2) is 0 Å². The SMILES string of the molecule is CC(=O)ON1CCc2cc(OS(=O)(=O)C(F)(F)F)ccc2C1=O. The van der Waals surface area contributed by atoms with E-state index < -0.39 is 33.3 Å². The van der Waals surface area contributed by atoms with Crippen molar-refractivity contribution in [3.8, 4) is 5.75 Å². The van der Waals surface area contributed by atoms with Crippen molar-refractivity contribution in [2.75, 3.05) is 6.54 Å². The summed E-state index contributed by atoms with van der Waals surface area (Å²) in [6.45, 7) is 1.10. The second-order valence-corrected chi connectivity index (χ2v) is 6.08. The third-order valence-electron chi connectivity index (χ3n) is 2.85. The smallest absolute Gasteiger partial charge is 0.376 e. The Balaban J connectivity index is 2.26. The van der Waals surface area contributed by atoms with E-state index >= 15 is 0 Å². The molecule has 0 radical (unpaired) electrons. The number of benzene rings is 1. The molecule has 1 aromatic rings. The van der Waals surface area contributed by atoms with Gasteiger partial charge in [-0.1, -0.05) is 0 Å². The van der Waals surface area contributed by atoms with Crippen LogP contribution in [-0.2, 0) is 26.2 Å². The van der Waals surface area contributed by atoms with Crippen LogP contribution in [0.15, 0.2) is 18.2 Å². The average molecular weight is 353 g/mol. The molecule has 0 saturated carbocycles. The second-order valence-electron chi connectivity index (χ2n) is 4.54. The summed E-state index contributed by atoms with van der Waals surface area (Å²) in [5, 5.41) is 0.817. The molecule has 1 aliphatic rings. The second kappa shape index (κ2) is 5.72. The number of hydrogen-bond donors (Lipinski definition) is 0. The molecule has 7 nitrogen and oxygen atoms in total. The number of alkyl halides is 3. The lowest BCUT2D eigenvalue weighted by atomic mass is 10.00. The first-order chi connectivity index (χ1) is 10.5. The van der Waals surface area contributed by atoms with Crippen molar-refractivity contribution in [1.82, 2.24) is 5.06 Å². The molecule has 1 aliphatic heterocycles. The highest BCUT2D eigenvalue weighted by atomic mass is 32.2. The third kappa shape index (κ3) is 3.55. The monoisotopic (exact) mass is 353 g/mol. The van der Waals surface area contributed by atoms with Crippen LogP contribution >= 0.6 is 0 Å². The predicted molar refractivity (Wildman–Crippen MR) is 68.6 cm³/mol. The van der Waals surface area contributed by atoms with E-state index in [4.69, 9.17) is 0 Å². The van der Waals surface area contributed by atoms with Crippen LogP contribution in [0.1, 0.15) is 22.8 Å². The van der Waals surface area contributed by atoms with E-state index in [-0.39, 0.29) is 24.1 Å². The van der Waals surface area contributed by atoms with Crippen LogP contribution in [0.3, 0.4) is 0 Å². The average Bonchev–Trinajstić information content (AvgIpc) is 2.40. The van der Waals surface area contributed by atoms with E-state index in [1.165, 1.54) is 0 Å². The van der Waals surface area contributed by atoms with Gasteiger partial charge in [0.1, 0.15) is 5.75 Å². The minimum Gasteiger partial charge on any atom is -0.376 e. The molecule has 1 aromatic carbocycles. The Labute approximate surface area is 128 Å². The minimum atomic E-state index is -5.78. The van der Waals surface area contributed by atoms with E-state index in [2.05, 4.69) is 9.02 Å². The highest BCUT2D eigenvalue weighted by Crippen LogP contribution is 2.29. The van der Waals surface area contributed by atoms with E-state index in [0.717, 1.165) is 30.2 Å². The number of amides is 1. The Hall–Kier alpha value is -2.30. The van der Waals surface area contributed by atoms with Gasteiger partial charge in [-0.3, -0.25) is 9.59 Å². The number of nitrogens with zero attached hydrogens (tertiary/aromatic N) is 1. The summed E-state index contributed by atoms with van der Waals surface area (Å²) in [7, 11) is -5.78. The Morgan fingerprint density at radius 2 is 1.96 bits per heavy atom. The zero-order valence-corrected chi connectivity index (χ0v) is 12.4. The Bertz CT molecular complexity index is 759.